The number of hydrogen-bond donors (Lipinski definition) is 1. The molecule has 90 valence electrons. The van der Waals surface area contributed by atoms with Crippen molar-refractivity contribution in [2.75, 3.05) is 0 Å². The summed E-state index contributed by atoms with van der Waals surface area (Å²) in [6.07, 6.45) is 1.71. The van der Waals surface area contributed by atoms with E-state index in [-0.39, 0.29) is 6.04 Å². The first-order valence-corrected chi connectivity index (χ1v) is 5.85. The lowest BCUT2D eigenvalue weighted by Gasteiger charge is -2.14. The quantitative estimate of drug-likeness (QED) is 0.743. The van der Waals surface area contributed by atoms with Crippen molar-refractivity contribution < 1.29 is 0 Å². The van der Waals surface area contributed by atoms with Crippen LogP contribution in [-0.4, -0.2) is 15.0 Å². The van der Waals surface area contributed by atoms with Gasteiger partial charge < -0.3 is 5.73 Å². The molecule has 0 bridgehead atoms. The molecule has 0 fully saturated rings. The van der Waals surface area contributed by atoms with Crippen molar-refractivity contribution in [1.82, 2.24) is 15.0 Å². The van der Waals surface area contributed by atoms with Crippen LogP contribution in [-0.2, 0) is 7.05 Å². The lowest BCUT2D eigenvalue weighted by Crippen LogP contribution is -2.16. The fraction of sp³-hybridized carbons (Fsp3) is 0.143. The SMILES string of the molecule is Cn1nncc1C(N)c1cccc2ccccc12. The van der Waals surface area contributed by atoms with Crippen LogP contribution in [0.1, 0.15) is 17.3 Å². The number of fused-ring (bicyclic) bond motifs is 1. The second-order valence-corrected chi connectivity index (χ2v) is 4.33. The number of nitrogens with zero attached hydrogens (tertiary/aromatic N) is 3. The molecule has 2 N–H and O–H groups in total. The molecule has 0 aliphatic carbocycles. The first-order valence-electron chi connectivity index (χ1n) is 5.85. The Morgan fingerprint density at radius 1 is 1.11 bits per heavy atom. The minimum Gasteiger partial charge on any atom is -0.319 e. The van der Waals surface area contributed by atoms with Gasteiger partial charge in [0.15, 0.2) is 0 Å². The van der Waals surface area contributed by atoms with Crippen LogP contribution in [0, 0.1) is 0 Å². The summed E-state index contributed by atoms with van der Waals surface area (Å²) >= 11 is 0. The van der Waals surface area contributed by atoms with Gasteiger partial charge in [-0.1, -0.05) is 47.7 Å². The molecule has 18 heavy (non-hydrogen) atoms. The number of nitrogens with two attached hydrogens (primary N) is 1. The van der Waals surface area contributed by atoms with E-state index in [9.17, 15) is 0 Å². The van der Waals surface area contributed by atoms with Gasteiger partial charge >= 0.3 is 0 Å². The minimum absolute atomic E-state index is 0.212. The topological polar surface area (TPSA) is 56.7 Å². The van der Waals surface area contributed by atoms with Gasteiger partial charge in [0, 0.05) is 7.05 Å². The van der Waals surface area contributed by atoms with Gasteiger partial charge in [-0.05, 0) is 16.3 Å². The summed E-state index contributed by atoms with van der Waals surface area (Å²) in [5.41, 5.74) is 8.33. The highest BCUT2D eigenvalue weighted by Gasteiger charge is 2.15. The summed E-state index contributed by atoms with van der Waals surface area (Å²) in [6, 6.07) is 14.2. The molecule has 0 spiro atoms. The van der Waals surface area contributed by atoms with Crippen molar-refractivity contribution >= 4 is 10.8 Å². The molecule has 1 heterocycles. The van der Waals surface area contributed by atoms with Crippen LogP contribution < -0.4 is 5.73 Å². The van der Waals surface area contributed by atoms with Gasteiger partial charge in [0.05, 0.1) is 17.9 Å². The molecule has 0 aliphatic heterocycles. The molecule has 0 amide bonds. The highest BCUT2D eigenvalue weighted by molar-refractivity contribution is 5.86. The second-order valence-electron chi connectivity index (χ2n) is 4.33. The zero-order valence-electron chi connectivity index (χ0n) is 10.1. The first kappa shape index (κ1) is 10.9. The summed E-state index contributed by atoms with van der Waals surface area (Å²) in [5.74, 6) is 0. The molecule has 2 aromatic carbocycles. The number of benzene rings is 2. The third-order valence-corrected chi connectivity index (χ3v) is 3.23. The van der Waals surface area contributed by atoms with E-state index in [2.05, 4.69) is 34.6 Å². The largest absolute Gasteiger partial charge is 0.319 e. The Hall–Kier alpha value is -2.20. The van der Waals surface area contributed by atoms with Crippen molar-refractivity contribution in [2.45, 2.75) is 6.04 Å². The van der Waals surface area contributed by atoms with Gasteiger partial charge in [0.2, 0.25) is 0 Å². The van der Waals surface area contributed by atoms with Crippen LogP contribution >= 0.6 is 0 Å². The van der Waals surface area contributed by atoms with E-state index >= 15 is 0 Å². The molecule has 4 heteroatoms. The Balaban J connectivity index is 2.18. The van der Waals surface area contributed by atoms with Crippen LogP contribution in [0.3, 0.4) is 0 Å². The third kappa shape index (κ3) is 1.67. The van der Waals surface area contributed by atoms with Crippen molar-refractivity contribution in [3.63, 3.8) is 0 Å². The van der Waals surface area contributed by atoms with E-state index in [1.165, 1.54) is 10.8 Å². The standard InChI is InChI=1S/C14H14N4/c1-18-13(9-16-17-18)14(15)12-8-4-6-10-5-2-3-7-11(10)12/h2-9,14H,15H2,1H3. The molecule has 0 saturated carbocycles. The molecule has 3 rings (SSSR count). The summed E-state index contributed by atoms with van der Waals surface area (Å²) in [5, 5.41) is 10.2. The molecule has 1 aromatic heterocycles. The van der Waals surface area contributed by atoms with Gasteiger partial charge in [-0.2, -0.15) is 0 Å². The van der Waals surface area contributed by atoms with Crippen LogP contribution in [0.15, 0.2) is 48.7 Å². The highest BCUT2D eigenvalue weighted by Crippen LogP contribution is 2.26. The van der Waals surface area contributed by atoms with Crippen molar-refractivity contribution in [3.05, 3.63) is 59.9 Å². The average molecular weight is 238 g/mol. The fourth-order valence-corrected chi connectivity index (χ4v) is 2.26. The molecule has 1 unspecified atom stereocenters. The summed E-state index contributed by atoms with van der Waals surface area (Å²) in [4.78, 5) is 0. The van der Waals surface area contributed by atoms with E-state index in [0.29, 0.717) is 0 Å². The van der Waals surface area contributed by atoms with E-state index in [0.717, 1.165) is 11.3 Å². The van der Waals surface area contributed by atoms with Gasteiger partial charge in [-0.15, -0.1) is 5.10 Å². The van der Waals surface area contributed by atoms with Crippen molar-refractivity contribution in [3.8, 4) is 0 Å². The number of aryl methyl sites for hydroxylation is 1. The van der Waals surface area contributed by atoms with Gasteiger partial charge in [0.25, 0.3) is 0 Å². The molecule has 0 radical (unpaired) electrons. The van der Waals surface area contributed by atoms with Crippen molar-refractivity contribution in [1.29, 1.82) is 0 Å². The van der Waals surface area contributed by atoms with E-state index in [1.54, 1.807) is 10.9 Å². The maximum atomic E-state index is 6.33. The molecule has 4 nitrogen and oxygen atoms in total. The zero-order valence-corrected chi connectivity index (χ0v) is 10.1. The second kappa shape index (κ2) is 4.23. The Kier molecular flexibility index (Phi) is 2.57. The Morgan fingerprint density at radius 3 is 2.67 bits per heavy atom. The lowest BCUT2D eigenvalue weighted by atomic mass is 9.97. The van der Waals surface area contributed by atoms with E-state index < -0.39 is 0 Å². The lowest BCUT2D eigenvalue weighted by molar-refractivity contribution is 0.652. The normalized spacial score (nSPS) is 12.8. The van der Waals surface area contributed by atoms with Crippen LogP contribution in [0.5, 0.6) is 0 Å². The summed E-state index contributed by atoms with van der Waals surface area (Å²) in [6.45, 7) is 0. The average Bonchev–Trinajstić information content (AvgIpc) is 2.83. The Morgan fingerprint density at radius 2 is 1.89 bits per heavy atom. The smallest absolute Gasteiger partial charge is 0.0796 e. The van der Waals surface area contributed by atoms with E-state index in [1.807, 2.05) is 25.2 Å². The monoisotopic (exact) mass is 238 g/mol. The van der Waals surface area contributed by atoms with Gasteiger partial charge in [-0.3, -0.25) is 4.68 Å². The third-order valence-electron chi connectivity index (χ3n) is 3.23. The van der Waals surface area contributed by atoms with Crippen molar-refractivity contribution in [2.24, 2.45) is 12.8 Å². The van der Waals surface area contributed by atoms with Crippen LogP contribution in [0.4, 0.5) is 0 Å². The summed E-state index contributed by atoms with van der Waals surface area (Å²) in [7, 11) is 1.85. The highest BCUT2D eigenvalue weighted by atomic mass is 15.4. The summed E-state index contributed by atoms with van der Waals surface area (Å²) < 4.78 is 1.71. The fourth-order valence-electron chi connectivity index (χ4n) is 2.26. The predicted molar refractivity (Wildman–Crippen MR) is 71.0 cm³/mol. The Bertz CT molecular complexity index is 682. The number of aromatic nitrogens is 3. The maximum absolute atomic E-state index is 6.33. The maximum Gasteiger partial charge on any atom is 0.0796 e. The van der Waals surface area contributed by atoms with Crippen LogP contribution in [0.2, 0.25) is 0 Å². The molecule has 0 saturated heterocycles. The zero-order chi connectivity index (χ0) is 12.5. The predicted octanol–water partition coefficient (Wildman–Crippen LogP) is 2.02. The number of rotatable bonds is 2. The van der Waals surface area contributed by atoms with Gasteiger partial charge in [0.1, 0.15) is 0 Å². The first-order chi connectivity index (χ1) is 8.77. The molecule has 1 atom stereocenters. The van der Waals surface area contributed by atoms with Gasteiger partial charge in [-0.25, -0.2) is 0 Å². The molecular weight excluding hydrogens is 224 g/mol. The van der Waals surface area contributed by atoms with Crippen LogP contribution in [0.25, 0.3) is 10.8 Å². The Labute approximate surface area is 105 Å². The number of hydrogen-bond acceptors (Lipinski definition) is 3. The molecular formula is C14H14N4. The molecule has 3 aromatic rings. The van der Waals surface area contributed by atoms with E-state index in [4.69, 9.17) is 5.73 Å². The molecule has 0 aliphatic rings. The minimum atomic E-state index is -0.212.